The van der Waals surface area contributed by atoms with E-state index in [-0.39, 0.29) is 16.8 Å². The number of aromatic nitrogens is 1. The van der Waals surface area contributed by atoms with E-state index < -0.39 is 10.0 Å². The van der Waals surface area contributed by atoms with Crippen LogP contribution in [0.15, 0.2) is 47.5 Å². The van der Waals surface area contributed by atoms with Crippen molar-refractivity contribution < 1.29 is 13.2 Å². The number of benzene rings is 1. The van der Waals surface area contributed by atoms with Crippen molar-refractivity contribution in [3.63, 3.8) is 0 Å². The number of nitrogens with zero attached hydrogens (tertiary/aromatic N) is 2. The number of halogens is 1. The maximum Gasteiger partial charge on any atom is 0.279 e. The molecule has 128 valence electrons. The molecule has 0 spiro atoms. The zero-order valence-electron chi connectivity index (χ0n) is 13.5. The number of anilines is 1. The Morgan fingerprint density at radius 2 is 1.96 bits per heavy atom. The molecule has 0 aliphatic heterocycles. The van der Waals surface area contributed by atoms with E-state index in [1.165, 1.54) is 6.07 Å². The van der Waals surface area contributed by atoms with Gasteiger partial charge < -0.3 is 4.74 Å². The van der Waals surface area contributed by atoms with Crippen molar-refractivity contribution in [1.29, 1.82) is 0 Å². The van der Waals surface area contributed by atoms with Crippen molar-refractivity contribution in [2.45, 2.75) is 30.8 Å². The Morgan fingerprint density at radius 3 is 2.50 bits per heavy atom. The molecule has 24 heavy (non-hydrogen) atoms. The second-order valence-electron chi connectivity index (χ2n) is 5.93. The summed E-state index contributed by atoms with van der Waals surface area (Å²) < 4.78 is 31.6. The minimum absolute atomic E-state index is 0.00306. The number of aryl methyl sites for hydroxylation is 1. The van der Waals surface area contributed by atoms with Crippen molar-refractivity contribution in [2.24, 2.45) is 5.92 Å². The second kappa shape index (κ2) is 6.70. The van der Waals surface area contributed by atoms with E-state index in [0.29, 0.717) is 15.3 Å². The fourth-order valence-electron chi connectivity index (χ4n) is 2.72. The summed E-state index contributed by atoms with van der Waals surface area (Å²) >= 11 is 6.10. The Kier molecular flexibility index (Phi) is 4.80. The monoisotopic (exact) mass is 366 g/mol. The number of ether oxygens (including phenoxy) is 1. The van der Waals surface area contributed by atoms with Gasteiger partial charge in [0.25, 0.3) is 10.0 Å². The first-order valence-electron chi connectivity index (χ1n) is 7.70. The summed E-state index contributed by atoms with van der Waals surface area (Å²) in [7, 11) is -2.19. The molecule has 1 saturated carbocycles. The Hall–Kier alpha value is -1.63. The molecule has 1 aliphatic carbocycles. The quantitative estimate of drug-likeness (QED) is 0.729. The minimum Gasteiger partial charge on any atom is -0.376 e. The van der Waals surface area contributed by atoms with Gasteiger partial charge in [0.15, 0.2) is 5.82 Å². The third kappa shape index (κ3) is 3.27. The number of rotatable bonds is 6. The van der Waals surface area contributed by atoms with Crippen LogP contribution in [0.2, 0.25) is 0 Å². The number of pyridine rings is 1. The van der Waals surface area contributed by atoms with Gasteiger partial charge in [0.1, 0.15) is 0 Å². The Labute approximate surface area is 147 Å². The summed E-state index contributed by atoms with van der Waals surface area (Å²) in [6, 6.07) is 10.1. The summed E-state index contributed by atoms with van der Waals surface area (Å²) in [6.45, 7) is 1.73. The lowest BCUT2D eigenvalue weighted by molar-refractivity contribution is 0.0843. The zero-order valence-corrected chi connectivity index (χ0v) is 15.1. The molecular formula is C17H19ClN2O3S. The van der Waals surface area contributed by atoms with Crippen LogP contribution in [0.1, 0.15) is 30.1 Å². The van der Waals surface area contributed by atoms with Crippen molar-refractivity contribution >= 4 is 27.6 Å². The van der Waals surface area contributed by atoms with Gasteiger partial charge >= 0.3 is 0 Å². The van der Waals surface area contributed by atoms with Crippen molar-refractivity contribution in [1.82, 2.24) is 4.98 Å². The first-order chi connectivity index (χ1) is 11.4. The molecule has 7 heteroatoms. The first kappa shape index (κ1) is 17.2. The molecule has 2 aromatic rings. The molecule has 1 aliphatic rings. The highest BCUT2D eigenvalue weighted by molar-refractivity contribution is 7.94. The van der Waals surface area contributed by atoms with Crippen LogP contribution in [-0.2, 0) is 14.8 Å². The fraction of sp³-hybridized carbons (Fsp3) is 0.353. The van der Waals surface area contributed by atoms with Crippen LogP contribution in [0.4, 0.5) is 5.82 Å². The highest BCUT2D eigenvalue weighted by atomic mass is 35.5. The molecule has 5 nitrogen and oxygen atoms in total. The fourth-order valence-corrected chi connectivity index (χ4v) is 4.30. The molecule has 1 fully saturated rings. The van der Waals surface area contributed by atoms with Gasteiger partial charge in [-0.25, -0.2) is 4.98 Å². The average molecular weight is 367 g/mol. The van der Waals surface area contributed by atoms with Crippen LogP contribution < -0.4 is 3.82 Å². The second-order valence-corrected chi connectivity index (χ2v) is 8.22. The van der Waals surface area contributed by atoms with Gasteiger partial charge in [-0.1, -0.05) is 24.3 Å². The summed E-state index contributed by atoms with van der Waals surface area (Å²) in [5, 5.41) is 0. The average Bonchev–Trinajstić information content (AvgIpc) is 3.41. The molecule has 3 rings (SSSR count). The molecule has 0 saturated heterocycles. The molecular weight excluding hydrogens is 348 g/mol. The van der Waals surface area contributed by atoms with E-state index >= 15 is 0 Å². The molecule has 1 atom stereocenters. The molecule has 1 heterocycles. The van der Waals surface area contributed by atoms with Gasteiger partial charge in [-0.3, -0.25) is 0 Å². The van der Waals surface area contributed by atoms with Crippen LogP contribution in [0, 0.1) is 12.8 Å². The largest absolute Gasteiger partial charge is 0.376 e. The zero-order chi connectivity index (χ0) is 17.3. The smallest absolute Gasteiger partial charge is 0.279 e. The lowest BCUT2D eigenvalue weighted by Gasteiger charge is -2.18. The molecule has 0 bridgehead atoms. The normalized spacial score (nSPS) is 16.0. The van der Waals surface area contributed by atoms with Crippen molar-refractivity contribution in [3.8, 4) is 0 Å². The standard InChI is InChI=1S/C17H19ClN2O3S/c1-12-5-3-4-6-15(12)24(21,22)20(18)16-10-9-14(11-19-16)17(23-2)13-7-8-13/h3-6,9-11,13,17H,7-8H2,1-2H3. The van der Waals surface area contributed by atoms with Gasteiger partial charge in [0, 0.05) is 25.1 Å². The molecule has 1 unspecified atom stereocenters. The van der Waals surface area contributed by atoms with Crippen LogP contribution in [-0.4, -0.2) is 20.5 Å². The first-order valence-corrected chi connectivity index (χ1v) is 9.48. The molecule has 1 aromatic carbocycles. The minimum atomic E-state index is -3.86. The van der Waals surface area contributed by atoms with E-state index in [4.69, 9.17) is 16.5 Å². The molecule has 0 amide bonds. The summed E-state index contributed by atoms with van der Waals surface area (Å²) in [5.41, 5.74) is 1.56. The third-order valence-corrected chi connectivity index (χ3v) is 6.51. The lowest BCUT2D eigenvalue weighted by Crippen LogP contribution is -2.23. The van der Waals surface area contributed by atoms with Gasteiger partial charge in [-0.05, 0) is 48.9 Å². The summed E-state index contributed by atoms with van der Waals surface area (Å²) in [4.78, 5) is 4.38. The molecule has 0 N–H and O–H groups in total. The predicted molar refractivity (Wildman–Crippen MR) is 93.4 cm³/mol. The van der Waals surface area contributed by atoms with Crippen LogP contribution in [0.5, 0.6) is 0 Å². The van der Waals surface area contributed by atoms with Crippen LogP contribution in [0.3, 0.4) is 0 Å². The van der Waals surface area contributed by atoms with E-state index in [1.54, 1.807) is 44.5 Å². The predicted octanol–water partition coefficient (Wildman–Crippen LogP) is 3.84. The molecule has 1 aromatic heterocycles. The highest BCUT2D eigenvalue weighted by Crippen LogP contribution is 2.43. The summed E-state index contributed by atoms with van der Waals surface area (Å²) in [6.07, 6.45) is 3.92. The van der Waals surface area contributed by atoms with E-state index in [9.17, 15) is 8.42 Å². The Morgan fingerprint density at radius 1 is 1.25 bits per heavy atom. The SMILES string of the molecule is COC(c1ccc(N(Cl)S(=O)(=O)c2ccccc2C)nc1)C1CC1. The number of sulfonamides is 1. The Balaban J connectivity index is 1.87. The lowest BCUT2D eigenvalue weighted by atomic mass is 10.1. The highest BCUT2D eigenvalue weighted by Gasteiger charge is 2.33. The topological polar surface area (TPSA) is 59.5 Å². The van der Waals surface area contributed by atoms with Crippen molar-refractivity contribution in [3.05, 3.63) is 53.7 Å². The molecule has 0 radical (unpaired) electrons. The number of methoxy groups -OCH3 is 1. The van der Waals surface area contributed by atoms with Gasteiger partial charge in [0.2, 0.25) is 0 Å². The maximum atomic E-state index is 12.7. The number of hydrogen-bond acceptors (Lipinski definition) is 4. The Bertz CT molecular complexity index is 820. The summed E-state index contributed by atoms with van der Waals surface area (Å²) in [5.74, 6) is 0.680. The number of hydrogen-bond donors (Lipinski definition) is 0. The van der Waals surface area contributed by atoms with E-state index in [0.717, 1.165) is 18.4 Å². The van der Waals surface area contributed by atoms with Gasteiger partial charge in [0.05, 0.1) is 11.0 Å². The maximum absolute atomic E-state index is 12.7. The van der Waals surface area contributed by atoms with Crippen LogP contribution >= 0.6 is 11.8 Å². The van der Waals surface area contributed by atoms with Crippen molar-refractivity contribution in [2.75, 3.05) is 10.9 Å². The van der Waals surface area contributed by atoms with Gasteiger partial charge in [-0.2, -0.15) is 12.2 Å². The van der Waals surface area contributed by atoms with E-state index in [1.807, 2.05) is 6.07 Å². The van der Waals surface area contributed by atoms with E-state index in [2.05, 4.69) is 4.98 Å². The van der Waals surface area contributed by atoms with Crippen LogP contribution in [0.25, 0.3) is 0 Å². The third-order valence-electron chi connectivity index (χ3n) is 4.17. The van der Waals surface area contributed by atoms with Gasteiger partial charge in [-0.15, -0.1) is 0 Å².